The van der Waals surface area contributed by atoms with Crippen molar-refractivity contribution in [3.63, 3.8) is 0 Å². The second-order valence-electron chi connectivity index (χ2n) is 4.10. The fourth-order valence-corrected chi connectivity index (χ4v) is 1.51. The zero-order valence-corrected chi connectivity index (χ0v) is 11.9. The number of hydrazine groups is 1. The molecule has 0 spiro atoms. The molecule has 0 heterocycles. The van der Waals surface area contributed by atoms with Crippen LogP contribution in [-0.2, 0) is 4.74 Å². The Bertz CT molecular complexity index is 430. The number of aliphatic hydroxyl groups excluding tert-OH is 1. The number of methoxy groups -OCH3 is 1. The summed E-state index contributed by atoms with van der Waals surface area (Å²) < 4.78 is 15.3. The lowest BCUT2D eigenvalue weighted by Crippen LogP contribution is -2.37. The van der Waals surface area contributed by atoms with Gasteiger partial charge in [-0.2, -0.15) is 0 Å². The van der Waals surface area contributed by atoms with E-state index in [1.165, 1.54) is 0 Å². The van der Waals surface area contributed by atoms with E-state index in [4.69, 9.17) is 15.3 Å². The van der Waals surface area contributed by atoms with Crippen LogP contribution in [0, 0.1) is 0 Å². The normalized spacial score (nSPS) is 11.6. The van der Waals surface area contributed by atoms with Crippen molar-refractivity contribution in [2.24, 2.45) is 5.84 Å². The molecule has 1 amide bonds. The van der Waals surface area contributed by atoms with Crippen LogP contribution < -0.4 is 26.1 Å². The summed E-state index contributed by atoms with van der Waals surface area (Å²) in [6, 6.07) is 7.34. The van der Waals surface area contributed by atoms with Crippen molar-refractivity contribution in [2.75, 3.05) is 33.4 Å². The monoisotopic (exact) mass is 299 g/mol. The van der Waals surface area contributed by atoms with E-state index in [0.717, 1.165) is 0 Å². The average Bonchev–Trinajstić information content (AvgIpc) is 2.52. The Balaban J connectivity index is 2.13. The predicted molar refractivity (Wildman–Crippen MR) is 76.0 cm³/mol. The van der Waals surface area contributed by atoms with Crippen molar-refractivity contribution in [1.29, 1.82) is 0 Å². The molecule has 1 rings (SSSR count). The Labute approximate surface area is 123 Å². The standard InChI is InChI=1S/C13H21N3O5/c1-19-11-4-2-3-5-12(11)20-7-6-15-8-10(17)9-21-13(18)16-14/h2-5,10,15,17H,6-9,14H2,1H3,(H,16,18). The summed E-state index contributed by atoms with van der Waals surface area (Å²) in [5, 5.41) is 12.5. The molecule has 21 heavy (non-hydrogen) atoms. The lowest BCUT2D eigenvalue weighted by atomic mass is 10.3. The Morgan fingerprint density at radius 2 is 2.10 bits per heavy atom. The number of nitrogens with one attached hydrogen (secondary N) is 2. The van der Waals surface area contributed by atoms with Gasteiger partial charge in [0.15, 0.2) is 11.5 Å². The fraction of sp³-hybridized carbons (Fsp3) is 0.462. The van der Waals surface area contributed by atoms with Gasteiger partial charge in [0.25, 0.3) is 0 Å². The molecule has 118 valence electrons. The first kappa shape index (κ1) is 17.0. The molecule has 0 fully saturated rings. The second kappa shape index (κ2) is 9.81. The van der Waals surface area contributed by atoms with Crippen molar-refractivity contribution < 1.29 is 24.1 Å². The van der Waals surface area contributed by atoms with Gasteiger partial charge >= 0.3 is 6.09 Å². The number of hydrogen-bond acceptors (Lipinski definition) is 7. The second-order valence-corrected chi connectivity index (χ2v) is 4.10. The van der Waals surface area contributed by atoms with Crippen LogP contribution in [0.4, 0.5) is 4.79 Å². The lowest BCUT2D eigenvalue weighted by Gasteiger charge is -2.13. The van der Waals surface area contributed by atoms with Crippen LogP contribution in [0.25, 0.3) is 0 Å². The number of para-hydroxylation sites is 2. The van der Waals surface area contributed by atoms with Crippen LogP contribution in [-0.4, -0.2) is 50.7 Å². The summed E-state index contributed by atoms with van der Waals surface area (Å²) in [6.45, 7) is 1.08. The van der Waals surface area contributed by atoms with Crippen LogP contribution >= 0.6 is 0 Å². The highest BCUT2D eigenvalue weighted by Gasteiger charge is 2.07. The molecule has 0 saturated carbocycles. The van der Waals surface area contributed by atoms with E-state index in [-0.39, 0.29) is 13.2 Å². The number of aliphatic hydroxyl groups is 1. The number of ether oxygens (including phenoxy) is 3. The summed E-state index contributed by atoms with van der Waals surface area (Å²) in [6.07, 6.45) is -1.60. The minimum atomic E-state index is -0.812. The average molecular weight is 299 g/mol. The third kappa shape index (κ3) is 6.80. The fourth-order valence-electron chi connectivity index (χ4n) is 1.51. The maximum absolute atomic E-state index is 10.7. The van der Waals surface area contributed by atoms with Crippen LogP contribution in [0.15, 0.2) is 24.3 Å². The highest BCUT2D eigenvalue weighted by atomic mass is 16.6. The zero-order chi connectivity index (χ0) is 15.5. The summed E-state index contributed by atoms with van der Waals surface area (Å²) in [4.78, 5) is 10.7. The molecule has 0 radical (unpaired) electrons. The van der Waals surface area contributed by atoms with Crippen LogP contribution in [0.5, 0.6) is 11.5 Å². The molecule has 5 N–H and O–H groups in total. The molecule has 1 unspecified atom stereocenters. The highest BCUT2D eigenvalue weighted by Crippen LogP contribution is 2.25. The molecule has 8 nitrogen and oxygen atoms in total. The van der Waals surface area contributed by atoms with E-state index in [1.807, 2.05) is 24.3 Å². The van der Waals surface area contributed by atoms with Crippen molar-refractivity contribution in [2.45, 2.75) is 6.10 Å². The topological polar surface area (TPSA) is 115 Å². The molecule has 0 aromatic heterocycles. The summed E-state index contributed by atoms with van der Waals surface area (Å²) in [5.41, 5.74) is 1.80. The molecule has 1 aromatic rings. The number of rotatable bonds is 9. The quantitative estimate of drug-likeness (QED) is 0.213. The van der Waals surface area contributed by atoms with Gasteiger partial charge in [-0.3, -0.25) is 5.43 Å². The Kier molecular flexibility index (Phi) is 7.95. The first-order chi connectivity index (χ1) is 10.2. The van der Waals surface area contributed by atoms with Gasteiger partial charge in [0.1, 0.15) is 19.3 Å². The molecule has 0 saturated heterocycles. The van der Waals surface area contributed by atoms with E-state index < -0.39 is 12.2 Å². The molecule has 1 aromatic carbocycles. The number of hydrogen-bond donors (Lipinski definition) is 4. The van der Waals surface area contributed by atoms with Crippen molar-refractivity contribution in [3.8, 4) is 11.5 Å². The lowest BCUT2D eigenvalue weighted by molar-refractivity contribution is 0.0677. The van der Waals surface area contributed by atoms with Crippen molar-refractivity contribution in [1.82, 2.24) is 10.7 Å². The van der Waals surface area contributed by atoms with E-state index >= 15 is 0 Å². The predicted octanol–water partition coefficient (Wildman–Crippen LogP) is -0.376. The number of nitrogens with two attached hydrogens (primary N) is 1. The molecule has 0 aliphatic rings. The van der Waals surface area contributed by atoms with Gasteiger partial charge in [-0.05, 0) is 12.1 Å². The minimum absolute atomic E-state index is 0.136. The van der Waals surface area contributed by atoms with E-state index in [0.29, 0.717) is 24.7 Å². The summed E-state index contributed by atoms with van der Waals surface area (Å²) >= 11 is 0. The van der Waals surface area contributed by atoms with E-state index in [9.17, 15) is 9.90 Å². The van der Waals surface area contributed by atoms with E-state index in [1.54, 1.807) is 12.5 Å². The van der Waals surface area contributed by atoms with Gasteiger partial charge in [-0.15, -0.1) is 0 Å². The first-order valence-corrected chi connectivity index (χ1v) is 6.45. The maximum atomic E-state index is 10.7. The Morgan fingerprint density at radius 3 is 2.76 bits per heavy atom. The molecular weight excluding hydrogens is 278 g/mol. The van der Waals surface area contributed by atoms with Crippen LogP contribution in [0.1, 0.15) is 0 Å². The molecular formula is C13H21N3O5. The molecule has 8 heteroatoms. The van der Waals surface area contributed by atoms with Gasteiger partial charge in [0, 0.05) is 13.1 Å². The number of benzene rings is 1. The Hall–Kier alpha value is -2.03. The molecule has 0 aliphatic carbocycles. The van der Waals surface area contributed by atoms with Gasteiger partial charge in [-0.25, -0.2) is 10.6 Å². The Morgan fingerprint density at radius 1 is 1.38 bits per heavy atom. The largest absolute Gasteiger partial charge is 0.493 e. The number of carbonyl (C=O) groups excluding carboxylic acids is 1. The van der Waals surface area contributed by atoms with E-state index in [2.05, 4.69) is 10.1 Å². The van der Waals surface area contributed by atoms with Gasteiger partial charge in [0.2, 0.25) is 0 Å². The number of carbonyl (C=O) groups is 1. The summed E-state index contributed by atoms with van der Waals surface area (Å²) in [5.74, 6) is 6.15. The SMILES string of the molecule is COc1ccccc1OCCNCC(O)COC(=O)NN. The third-order valence-corrected chi connectivity index (χ3v) is 2.51. The molecule has 0 aliphatic heterocycles. The van der Waals surface area contributed by atoms with Gasteiger partial charge in [0.05, 0.1) is 7.11 Å². The first-order valence-electron chi connectivity index (χ1n) is 6.45. The minimum Gasteiger partial charge on any atom is -0.493 e. The smallest absolute Gasteiger partial charge is 0.421 e. The van der Waals surface area contributed by atoms with Crippen LogP contribution in [0.3, 0.4) is 0 Å². The van der Waals surface area contributed by atoms with Crippen LogP contribution in [0.2, 0.25) is 0 Å². The third-order valence-electron chi connectivity index (χ3n) is 2.51. The van der Waals surface area contributed by atoms with Crippen molar-refractivity contribution in [3.05, 3.63) is 24.3 Å². The molecule has 1 atom stereocenters. The van der Waals surface area contributed by atoms with Gasteiger partial charge < -0.3 is 24.6 Å². The molecule has 0 bridgehead atoms. The van der Waals surface area contributed by atoms with Gasteiger partial charge in [-0.1, -0.05) is 12.1 Å². The number of amides is 1. The zero-order valence-electron chi connectivity index (χ0n) is 11.9. The van der Waals surface area contributed by atoms with Crippen molar-refractivity contribution >= 4 is 6.09 Å². The summed E-state index contributed by atoms with van der Waals surface area (Å²) in [7, 11) is 1.58. The maximum Gasteiger partial charge on any atom is 0.421 e. The highest BCUT2D eigenvalue weighted by molar-refractivity contribution is 5.66.